The number of aryl methyl sites for hydroxylation is 1. The van der Waals surface area contributed by atoms with E-state index in [2.05, 4.69) is 230 Å². The van der Waals surface area contributed by atoms with Gasteiger partial charge in [-0.1, -0.05) is 248 Å². The van der Waals surface area contributed by atoms with Crippen LogP contribution in [0.3, 0.4) is 0 Å². The fraction of sp³-hybridized carbons (Fsp3) is 0.213. The molecule has 306 valence electrons. The third-order valence-electron chi connectivity index (χ3n) is 12.7. The Morgan fingerprint density at radius 1 is 0.410 bits per heavy atom. The summed E-state index contributed by atoms with van der Waals surface area (Å²) >= 11 is 0. The first kappa shape index (κ1) is 42.9. The number of hydrogen-bond acceptors (Lipinski definition) is 0. The molecule has 9 aromatic carbocycles. The zero-order chi connectivity index (χ0) is 42.9. The van der Waals surface area contributed by atoms with Gasteiger partial charge in [0.1, 0.15) is 0 Å². The van der Waals surface area contributed by atoms with Gasteiger partial charge in [-0.05, 0) is 114 Å². The van der Waals surface area contributed by atoms with Crippen LogP contribution in [0.4, 0.5) is 0 Å². The number of fused-ring (bicyclic) bond motifs is 7. The minimum atomic E-state index is 0.595. The van der Waals surface area contributed by atoms with Crippen LogP contribution in [0.5, 0.6) is 0 Å². The Kier molecular flexibility index (Phi) is 14.0. The summed E-state index contributed by atoms with van der Waals surface area (Å²) in [5.74, 6) is 1.91. The van der Waals surface area contributed by atoms with E-state index in [0.717, 1.165) is 0 Å². The van der Waals surface area contributed by atoms with Crippen molar-refractivity contribution in [3.63, 3.8) is 0 Å². The number of allylic oxidation sites excluding steroid dienone is 2. The molecule has 0 aliphatic heterocycles. The van der Waals surface area contributed by atoms with E-state index in [9.17, 15) is 0 Å². The normalized spacial score (nSPS) is 14.0. The van der Waals surface area contributed by atoms with Crippen molar-refractivity contribution in [1.29, 1.82) is 0 Å². The van der Waals surface area contributed by atoms with E-state index in [4.69, 9.17) is 0 Å². The number of unbranched alkanes of at least 4 members (excludes halogenated alkanes) is 1. The molecule has 0 heterocycles. The van der Waals surface area contributed by atoms with Gasteiger partial charge in [0, 0.05) is 5.92 Å². The van der Waals surface area contributed by atoms with Crippen LogP contribution < -0.4 is 0 Å². The molecule has 0 heteroatoms. The minimum Gasteiger partial charge on any atom is -0.0683 e. The van der Waals surface area contributed by atoms with Crippen LogP contribution >= 0.6 is 0 Å². The third kappa shape index (κ3) is 9.11. The van der Waals surface area contributed by atoms with Gasteiger partial charge in [-0.2, -0.15) is 0 Å². The van der Waals surface area contributed by atoms with Crippen LogP contribution in [0.1, 0.15) is 83.9 Å². The molecular formula is C61H62. The van der Waals surface area contributed by atoms with E-state index in [0.29, 0.717) is 17.8 Å². The van der Waals surface area contributed by atoms with Crippen molar-refractivity contribution in [2.45, 2.75) is 74.1 Å². The maximum absolute atomic E-state index is 2.39. The molecule has 0 amide bonds. The summed E-state index contributed by atoms with van der Waals surface area (Å²) in [6.07, 6.45) is 2.64. The van der Waals surface area contributed by atoms with E-state index in [-0.39, 0.29) is 0 Å². The molecule has 0 nitrogen and oxygen atoms in total. The van der Waals surface area contributed by atoms with Crippen LogP contribution in [0.2, 0.25) is 0 Å². The zero-order valence-corrected chi connectivity index (χ0v) is 37.5. The highest BCUT2D eigenvalue weighted by atomic mass is 14.4. The smallest absolute Gasteiger partial charge is 0.00886 e. The van der Waals surface area contributed by atoms with Gasteiger partial charge in [-0.25, -0.2) is 0 Å². The van der Waals surface area contributed by atoms with Crippen LogP contribution in [-0.4, -0.2) is 0 Å². The Balaban J connectivity index is 0.000000183. The Morgan fingerprint density at radius 3 is 1.52 bits per heavy atom. The van der Waals surface area contributed by atoms with Gasteiger partial charge >= 0.3 is 0 Å². The lowest BCUT2D eigenvalue weighted by Gasteiger charge is -2.21. The molecule has 61 heavy (non-hydrogen) atoms. The molecule has 3 unspecified atom stereocenters. The first-order valence-corrected chi connectivity index (χ1v) is 22.6. The molecule has 10 rings (SSSR count). The van der Waals surface area contributed by atoms with E-state index >= 15 is 0 Å². The molecule has 3 atom stereocenters. The van der Waals surface area contributed by atoms with Gasteiger partial charge < -0.3 is 0 Å². The average Bonchev–Trinajstić information content (AvgIpc) is 4.02. The Labute approximate surface area is 365 Å². The Hall–Kier alpha value is -6.24. The lowest BCUT2D eigenvalue weighted by molar-refractivity contribution is 0.451. The lowest BCUT2D eigenvalue weighted by atomic mass is 9.83. The molecule has 0 aromatic heterocycles. The van der Waals surface area contributed by atoms with Gasteiger partial charge in [0.15, 0.2) is 0 Å². The molecule has 0 radical (unpaired) electrons. The van der Waals surface area contributed by atoms with E-state index in [1.165, 1.54) is 94.9 Å². The molecule has 1 aliphatic rings. The second-order valence-corrected chi connectivity index (χ2v) is 16.4. The summed E-state index contributed by atoms with van der Waals surface area (Å²) in [5, 5.41) is 10.4. The van der Waals surface area contributed by atoms with E-state index in [1.54, 1.807) is 11.1 Å². The topological polar surface area (TPSA) is 0 Å². The average molecular weight is 795 g/mol. The highest BCUT2D eigenvalue weighted by Crippen LogP contribution is 2.54. The number of rotatable bonds is 7. The van der Waals surface area contributed by atoms with Crippen LogP contribution in [-0.2, 0) is 0 Å². The summed E-state index contributed by atoms with van der Waals surface area (Å²) in [6, 6.07) is 68.4. The molecule has 1 aliphatic carbocycles. The van der Waals surface area contributed by atoms with E-state index < -0.39 is 0 Å². The zero-order valence-electron chi connectivity index (χ0n) is 37.5. The van der Waals surface area contributed by atoms with Crippen molar-refractivity contribution in [2.24, 2.45) is 11.8 Å². The lowest BCUT2D eigenvalue weighted by Crippen LogP contribution is -2.10. The van der Waals surface area contributed by atoms with Gasteiger partial charge in [0.2, 0.25) is 0 Å². The quantitative estimate of drug-likeness (QED) is 0.141. The summed E-state index contributed by atoms with van der Waals surface area (Å²) in [5.41, 5.74) is 12.4. The van der Waals surface area contributed by atoms with Crippen LogP contribution in [0.15, 0.2) is 194 Å². The molecule has 0 N–H and O–H groups in total. The Morgan fingerprint density at radius 2 is 0.918 bits per heavy atom. The monoisotopic (exact) mass is 794 g/mol. The largest absolute Gasteiger partial charge is 0.0683 e. The molecule has 0 spiro atoms. The Bertz CT molecular complexity index is 2850. The van der Waals surface area contributed by atoms with Crippen molar-refractivity contribution in [1.82, 2.24) is 0 Å². The van der Waals surface area contributed by atoms with Crippen molar-refractivity contribution in [2.75, 3.05) is 0 Å². The number of hydrogen-bond donors (Lipinski definition) is 0. The second kappa shape index (κ2) is 19.9. The highest BCUT2D eigenvalue weighted by Gasteiger charge is 2.40. The van der Waals surface area contributed by atoms with E-state index in [1.807, 2.05) is 13.8 Å². The summed E-state index contributed by atoms with van der Waals surface area (Å²) in [7, 11) is 0. The summed E-state index contributed by atoms with van der Waals surface area (Å²) < 4.78 is 0. The van der Waals surface area contributed by atoms with Crippen LogP contribution in [0.25, 0.3) is 70.9 Å². The molecule has 0 saturated carbocycles. The first-order valence-electron chi connectivity index (χ1n) is 22.6. The third-order valence-corrected chi connectivity index (χ3v) is 12.7. The molecule has 0 bridgehead atoms. The maximum Gasteiger partial charge on any atom is 0.00886 e. The molecular weight excluding hydrogens is 733 g/mol. The predicted octanol–water partition coefficient (Wildman–Crippen LogP) is 18.3. The fourth-order valence-corrected chi connectivity index (χ4v) is 9.05. The van der Waals surface area contributed by atoms with Gasteiger partial charge in [-0.15, -0.1) is 0 Å². The summed E-state index contributed by atoms with van der Waals surface area (Å²) in [4.78, 5) is 0. The SMILES string of the molecule is CC.CC1=C(c2ccccc2)C1C(C)C(C)c1ccccc1.CCCC.Cc1ccc(-c2ccc3c4ccccc4c4ccccc4c3c2)c(-c2cccc3ccccc23)c1. The minimum absolute atomic E-state index is 0.595. The number of benzene rings is 9. The fourth-order valence-electron chi connectivity index (χ4n) is 9.05. The standard InChI is InChI=1S/C35H24.C20H22.C4H10.C2H6/c1-23-17-19-27(34(21-23)28-16-8-10-24-9-2-3-11-26(24)28)25-18-20-33-31-14-5-4-12-29(31)30-13-6-7-15-32(30)35(33)22-25;1-14(17-10-6-4-7-11-17)15(2)19-16(3)20(19)18-12-8-5-9-13-18;1-3-4-2;1-2/h2-22H,1H3;4-15,19H,1-3H3;3-4H2,1-2H3;1-2H3. The van der Waals surface area contributed by atoms with Gasteiger partial charge in [0.05, 0.1) is 0 Å². The van der Waals surface area contributed by atoms with Gasteiger partial charge in [0.25, 0.3) is 0 Å². The first-order chi connectivity index (χ1) is 29.9. The van der Waals surface area contributed by atoms with Crippen LogP contribution in [0, 0.1) is 18.8 Å². The van der Waals surface area contributed by atoms with Crippen molar-refractivity contribution in [3.8, 4) is 22.3 Å². The maximum atomic E-state index is 2.39. The highest BCUT2D eigenvalue weighted by molar-refractivity contribution is 6.25. The molecule has 0 saturated heterocycles. The van der Waals surface area contributed by atoms with Crippen molar-refractivity contribution >= 4 is 48.7 Å². The molecule has 9 aromatic rings. The summed E-state index contributed by atoms with van der Waals surface area (Å²) in [6.45, 7) is 17.6. The molecule has 0 fully saturated rings. The predicted molar refractivity (Wildman–Crippen MR) is 271 cm³/mol. The second-order valence-electron chi connectivity index (χ2n) is 16.4. The van der Waals surface area contributed by atoms with Crippen molar-refractivity contribution < 1.29 is 0 Å². The van der Waals surface area contributed by atoms with Gasteiger partial charge in [-0.3, -0.25) is 0 Å². The van der Waals surface area contributed by atoms with Crippen molar-refractivity contribution in [3.05, 3.63) is 210 Å².